The van der Waals surface area contributed by atoms with Crippen molar-refractivity contribution in [2.75, 3.05) is 5.32 Å². The van der Waals surface area contributed by atoms with E-state index in [-0.39, 0.29) is 17.4 Å². The minimum Gasteiger partial charge on any atom is -0.475 e. The molecule has 0 saturated carbocycles. The van der Waals surface area contributed by atoms with Crippen molar-refractivity contribution < 1.29 is 19.1 Å². The van der Waals surface area contributed by atoms with Gasteiger partial charge in [-0.2, -0.15) is 0 Å². The highest BCUT2D eigenvalue weighted by Gasteiger charge is 2.20. The number of carboxylic acids is 1. The van der Waals surface area contributed by atoms with Crippen LogP contribution in [0.2, 0.25) is 0 Å². The predicted octanol–water partition coefficient (Wildman–Crippen LogP) is 2.85. The van der Waals surface area contributed by atoms with Gasteiger partial charge in [0.2, 0.25) is 11.7 Å². The van der Waals surface area contributed by atoms with Crippen molar-refractivity contribution in [1.29, 1.82) is 0 Å². The van der Waals surface area contributed by atoms with E-state index >= 15 is 0 Å². The van der Waals surface area contributed by atoms with Crippen LogP contribution in [-0.4, -0.2) is 17.0 Å². The van der Waals surface area contributed by atoms with E-state index in [2.05, 4.69) is 21.2 Å². The zero-order chi connectivity index (χ0) is 12.6. The van der Waals surface area contributed by atoms with E-state index in [9.17, 15) is 9.59 Å². The third-order valence-corrected chi connectivity index (χ3v) is 2.64. The van der Waals surface area contributed by atoms with E-state index in [0.29, 0.717) is 11.0 Å². The Bertz CT molecular complexity index is 617. The van der Waals surface area contributed by atoms with Crippen LogP contribution in [0.4, 0.5) is 5.69 Å². The van der Waals surface area contributed by atoms with Gasteiger partial charge >= 0.3 is 5.97 Å². The van der Waals surface area contributed by atoms with E-state index < -0.39 is 5.97 Å². The van der Waals surface area contributed by atoms with Crippen LogP contribution in [0, 0.1) is 0 Å². The molecule has 0 atom stereocenters. The molecule has 0 bridgehead atoms. The van der Waals surface area contributed by atoms with Crippen LogP contribution in [0.3, 0.4) is 0 Å². The van der Waals surface area contributed by atoms with Crippen LogP contribution in [-0.2, 0) is 4.79 Å². The Morgan fingerprint density at radius 2 is 2.12 bits per heavy atom. The van der Waals surface area contributed by atoms with E-state index in [4.69, 9.17) is 9.52 Å². The molecule has 0 fully saturated rings. The fourth-order valence-corrected chi connectivity index (χ4v) is 1.88. The third kappa shape index (κ3) is 2.16. The standard InChI is InChI=1S/C11H8BrNO4/c1-5(14)13-9-7-4-6(12)2-3-8(7)17-10(9)11(15)16/h2-4H,1H3,(H,13,14)(H,15,16). The number of rotatable bonds is 2. The molecule has 0 unspecified atom stereocenters. The van der Waals surface area contributed by atoms with Gasteiger partial charge in [-0.05, 0) is 18.2 Å². The first kappa shape index (κ1) is 11.7. The highest BCUT2D eigenvalue weighted by Crippen LogP contribution is 2.32. The topological polar surface area (TPSA) is 79.5 Å². The monoisotopic (exact) mass is 297 g/mol. The van der Waals surface area contributed by atoms with Gasteiger partial charge in [-0.1, -0.05) is 15.9 Å². The first-order chi connectivity index (χ1) is 7.99. The van der Waals surface area contributed by atoms with Crippen molar-refractivity contribution in [1.82, 2.24) is 0 Å². The molecule has 88 valence electrons. The van der Waals surface area contributed by atoms with Crippen molar-refractivity contribution >= 4 is 44.5 Å². The Morgan fingerprint density at radius 3 is 2.71 bits per heavy atom. The molecule has 1 aromatic carbocycles. The van der Waals surface area contributed by atoms with Crippen LogP contribution < -0.4 is 5.32 Å². The fourth-order valence-electron chi connectivity index (χ4n) is 1.52. The van der Waals surface area contributed by atoms with Gasteiger partial charge < -0.3 is 14.8 Å². The lowest BCUT2D eigenvalue weighted by molar-refractivity contribution is -0.114. The number of nitrogens with one attached hydrogen (secondary N) is 1. The predicted molar refractivity (Wildman–Crippen MR) is 65.2 cm³/mol. The molecule has 5 nitrogen and oxygen atoms in total. The number of carbonyl (C=O) groups excluding carboxylic acids is 1. The first-order valence-corrected chi connectivity index (χ1v) is 5.51. The molecule has 1 heterocycles. The Balaban J connectivity index is 2.72. The highest BCUT2D eigenvalue weighted by molar-refractivity contribution is 9.10. The molecule has 1 amide bonds. The van der Waals surface area contributed by atoms with Crippen molar-refractivity contribution in [2.45, 2.75) is 6.92 Å². The molecule has 0 radical (unpaired) electrons. The summed E-state index contributed by atoms with van der Waals surface area (Å²) in [5.41, 5.74) is 0.593. The van der Waals surface area contributed by atoms with Gasteiger partial charge in [0.25, 0.3) is 0 Å². The molecule has 0 saturated heterocycles. The van der Waals surface area contributed by atoms with Gasteiger partial charge in [0.15, 0.2) is 0 Å². The fraction of sp³-hybridized carbons (Fsp3) is 0.0909. The normalized spacial score (nSPS) is 10.5. The Hall–Kier alpha value is -1.82. The lowest BCUT2D eigenvalue weighted by Gasteiger charge is -2.00. The summed E-state index contributed by atoms with van der Waals surface area (Å²) in [6.07, 6.45) is 0. The van der Waals surface area contributed by atoms with Gasteiger partial charge in [-0.15, -0.1) is 0 Å². The summed E-state index contributed by atoms with van der Waals surface area (Å²) in [5.74, 6) is -1.84. The number of carboxylic acid groups (broad SMARTS) is 1. The van der Waals surface area contributed by atoms with E-state index in [1.54, 1.807) is 18.2 Å². The molecule has 0 aliphatic heterocycles. The van der Waals surface area contributed by atoms with Crippen molar-refractivity contribution in [3.05, 3.63) is 28.4 Å². The number of benzene rings is 1. The number of amides is 1. The number of halogens is 1. The van der Waals surface area contributed by atoms with Gasteiger partial charge in [-0.3, -0.25) is 4.79 Å². The van der Waals surface area contributed by atoms with Crippen LogP contribution >= 0.6 is 15.9 Å². The minimum atomic E-state index is -1.22. The lowest BCUT2D eigenvalue weighted by atomic mass is 10.2. The molecular weight excluding hydrogens is 290 g/mol. The zero-order valence-electron chi connectivity index (χ0n) is 8.78. The summed E-state index contributed by atoms with van der Waals surface area (Å²) in [4.78, 5) is 22.1. The molecule has 1 aromatic heterocycles. The molecule has 17 heavy (non-hydrogen) atoms. The third-order valence-electron chi connectivity index (χ3n) is 2.15. The van der Waals surface area contributed by atoms with E-state index in [1.807, 2.05) is 0 Å². The molecule has 0 aliphatic rings. The molecule has 6 heteroatoms. The molecule has 2 rings (SSSR count). The molecule has 0 spiro atoms. The first-order valence-electron chi connectivity index (χ1n) is 4.72. The highest BCUT2D eigenvalue weighted by atomic mass is 79.9. The summed E-state index contributed by atoms with van der Waals surface area (Å²) in [5, 5.41) is 12.0. The van der Waals surface area contributed by atoms with Gasteiger partial charge in [0.05, 0.1) is 0 Å². The number of fused-ring (bicyclic) bond motifs is 1. The maximum Gasteiger partial charge on any atom is 0.374 e. The van der Waals surface area contributed by atoms with Crippen molar-refractivity contribution in [3.8, 4) is 0 Å². The minimum absolute atomic E-state index is 0.182. The second kappa shape index (κ2) is 4.21. The second-order valence-electron chi connectivity index (χ2n) is 3.43. The summed E-state index contributed by atoms with van der Waals surface area (Å²) >= 11 is 3.28. The number of aromatic carboxylic acids is 1. The SMILES string of the molecule is CC(=O)Nc1c(C(=O)O)oc2ccc(Br)cc12. The average molecular weight is 298 g/mol. The number of hydrogen-bond acceptors (Lipinski definition) is 3. The quantitative estimate of drug-likeness (QED) is 0.893. The zero-order valence-corrected chi connectivity index (χ0v) is 10.4. The summed E-state index contributed by atoms with van der Waals surface area (Å²) in [7, 11) is 0. The molecule has 2 N–H and O–H groups in total. The number of hydrogen-bond donors (Lipinski definition) is 2. The van der Waals surface area contributed by atoms with Crippen LogP contribution in [0.15, 0.2) is 27.1 Å². The summed E-state index contributed by atoms with van der Waals surface area (Å²) in [6, 6.07) is 5.06. The van der Waals surface area contributed by atoms with Gasteiger partial charge in [0, 0.05) is 16.8 Å². The van der Waals surface area contributed by atoms with E-state index in [1.165, 1.54) is 6.92 Å². The Kier molecular flexibility index (Phi) is 2.89. The van der Waals surface area contributed by atoms with E-state index in [0.717, 1.165) is 4.47 Å². The second-order valence-corrected chi connectivity index (χ2v) is 4.35. The Labute approximate surface area is 105 Å². The molecule has 2 aromatic rings. The summed E-state index contributed by atoms with van der Waals surface area (Å²) in [6.45, 7) is 1.31. The van der Waals surface area contributed by atoms with Crippen LogP contribution in [0.5, 0.6) is 0 Å². The number of carbonyl (C=O) groups is 2. The number of furan rings is 1. The maximum absolute atomic E-state index is 11.1. The average Bonchev–Trinajstić information content (AvgIpc) is 2.56. The largest absolute Gasteiger partial charge is 0.475 e. The molecular formula is C11H8BrNO4. The van der Waals surface area contributed by atoms with Crippen molar-refractivity contribution in [3.63, 3.8) is 0 Å². The number of anilines is 1. The smallest absolute Gasteiger partial charge is 0.374 e. The van der Waals surface area contributed by atoms with Crippen molar-refractivity contribution in [2.24, 2.45) is 0 Å². The van der Waals surface area contributed by atoms with Crippen LogP contribution in [0.1, 0.15) is 17.5 Å². The van der Waals surface area contributed by atoms with Gasteiger partial charge in [-0.25, -0.2) is 4.79 Å². The lowest BCUT2D eigenvalue weighted by Crippen LogP contribution is -2.09. The Morgan fingerprint density at radius 1 is 1.41 bits per heavy atom. The summed E-state index contributed by atoms with van der Waals surface area (Å²) < 4.78 is 5.95. The van der Waals surface area contributed by atoms with Gasteiger partial charge in [0.1, 0.15) is 11.3 Å². The van der Waals surface area contributed by atoms with Crippen LogP contribution in [0.25, 0.3) is 11.0 Å². The molecule has 0 aliphatic carbocycles. The maximum atomic E-state index is 11.1.